The van der Waals surface area contributed by atoms with Gasteiger partial charge in [0.1, 0.15) is 0 Å². The summed E-state index contributed by atoms with van der Waals surface area (Å²) in [5, 5.41) is 0. The Kier molecular flexibility index (Phi) is 3.49. The molecular weight excluding hydrogens is 186 g/mol. The van der Waals surface area contributed by atoms with E-state index in [1.54, 1.807) is 0 Å². The molecule has 0 bridgehead atoms. The first-order valence-corrected chi connectivity index (χ1v) is 6.37. The lowest BCUT2D eigenvalue weighted by Crippen LogP contribution is -2.36. The van der Waals surface area contributed by atoms with E-state index in [1.165, 1.54) is 38.5 Å². The summed E-state index contributed by atoms with van der Waals surface area (Å²) in [4.78, 5) is 6.92. The summed E-state index contributed by atoms with van der Waals surface area (Å²) < 4.78 is 0. The lowest BCUT2D eigenvalue weighted by molar-refractivity contribution is 0.463. The van der Waals surface area contributed by atoms with Gasteiger partial charge in [-0.3, -0.25) is 0 Å². The molecule has 0 spiro atoms. The van der Waals surface area contributed by atoms with Crippen molar-refractivity contribution in [2.45, 2.75) is 51.5 Å². The fraction of sp³-hybridized carbons (Fsp3) is 0.917. The van der Waals surface area contributed by atoms with Gasteiger partial charge in [-0.15, -0.1) is 0 Å². The van der Waals surface area contributed by atoms with Crippen molar-refractivity contribution in [1.82, 2.24) is 4.90 Å². The summed E-state index contributed by atoms with van der Waals surface area (Å²) >= 11 is 0. The third kappa shape index (κ3) is 2.64. The van der Waals surface area contributed by atoms with Crippen LogP contribution in [0.25, 0.3) is 0 Å². The van der Waals surface area contributed by atoms with E-state index in [-0.39, 0.29) is 0 Å². The summed E-state index contributed by atoms with van der Waals surface area (Å²) in [5.74, 6) is 1.64. The Labute approximate surface area is 92.7 Å². The van der Waals surface area contributed by atoms with Crippen molar-refractivity contribution in [2.75, 3.05) is 13.1 Å². The van der Waals surface area contributed by atoms with E-state index in [1.807, 2.05) is 0 Å². The van der Waals surface area contributed by atoms with Crippen molar-refractivity contribution < 1.29 is 0 Å². The minimum atomic E-state index is 0.519. The Morgan fingerprint density at radius 2 is 2.07 bits per heavy atom. The second kappa shape index (κ2) is 4.86. The minimum absolute atomic E-state index is 0.519. The first-order valence-electron chi connectivity index (χ1n) is 6.37. The van der Waals surface area contributed by atoms with Crippen LogP contribution in [0.4, 0.5) is 0 Å². The average molecular weight is 209 g/mol. The number of nitrogens with two attached hydrogens (primary N) is 1. The van der Waals surface area contributed by atoms with Crippen LogP contribution in [0.5, 0.6) is 0 Å². The second-order valence-corrected chi connectivity index (χ2v) is 4.93. The van der Waals surface area contributed by atoms with Crippen LogP contribution in [0.3, 0.4) is 0 Å². The van der Waals surface area contributed by atoms with Crippen LogP contribution >= 0.6 is 0 Å². The Morgan fingerprint density at radius 1 is 1.33 bits per heavy atom. The molecule has 0 amide bonds. The fourth-order valence-electron chi connectivity index (χ4n) is 2.68. The van der Waals surface area contributed by atoms with Gasteiger partial charge in [0.15, 0.2) is 5.96 Å². The highest BCUT2D eigenvalue weighted by molar-refractivity contribution is 5.78. The molecular formula is C12H23N3. The standard InChI is InChI=1S/C12H23N3/c1-2-10-7-8-15(9-10)12(13)14-11-5-3-4-6-11/h10-11H,2-9H2,1H3,(H2,13,14). The Bertz CT molecular complexity index is 231. The van der Waals surface area contributed by atoms with Gasteiger partial charge < -0.3 is 10.6 Å². The van der Waals surface area contributed by atoms with Crippen LogP contribution in [0.2, 0.25) is 0 Å². The van der Waals surface area contributed by atoms with Gasteiger partial charge in [0.05, 0.1) is 6.04 Å². The van der Waals surface area contributed by atoms with Crippen LogP contribution in [-0.4, -0.2) is 30.0 Å². The first-order chi connectivity index (χ1) is 7.29. The zero-order valence-electron chi connectivity index (χ0n) is 9.78. The molecule has 0 aromatic heterocycles. The van der Waals surface area contributed by atoms with Gasteiger partial charge in [0.2, 0.25) is 0 Å². The lowest BCUT2D eigenvalue weighted by atomic mass is 10.1. The van der Waals surface area contributed by atoms with Gasteiger partial charge in [0, 0.05) is 13.1 Å². The Morgan fingerprint density at radius 3 is 2.67 bits per heavy atom. The topological polar surface area (TPSA) is 41.6 Å². The van der Waals surface area contributed by atoms with Gasteiger partial charge in [0.25, 0.3) is 0 Å². The van der Waals surface area contributed by atoms with Crippen LogP contribution < -0.4 is 5.73 Å². The van der Waals surface area contributed by atoms with E-state index < -0.39 is 0 Å². The third-order valence-electron chi connectivity index (χ3n) is 3.83. The molecule has 15 heavy (non-hydrogen) atoms. The Hall–Kier alpha value is -0.730. The average Bonchev–Trinajstić information content (AvgIpc) is 2.86. The van der Waals surface area contributed by atoms with Crippen molar-refractivity contribution in [1.29, 1.82) is 0 Å². The normalized spacial score (nSPS) is 29.0. The first kappa shape index (κ1) is 10.8. The summed E-state index contributed by atoms with van der Waals surface area (Å²) in [6, 6.07) is 0.519. The molecule has 3 nitrogen and oxygen atoms in total. The van der Waals surface area contributed by atoms with E-state index in [0.717, 1.165) is 25.0 Å². The number of rotatable bonds is 2. The Balaban J connectivity index is 1.87. The minimum Gasteiger partial charge on any atom is -0.370 e. The van der Waals surface area contributed by atoms with E-state index >= 15 is 0 Å². The summed E-state index contributed by atoms with van der Waals surface area (Å²) in [5.41, 5.74) is 6.05. The van der Waals surface area contributed by atoms with Crippen molar-refractivity contribution >= 4 is 5.96 Å². The summed E-state index contributed by atoms with van der Waals surface area (Å²) in [6.45, 7) is 4.50. The number of hydrogen-bond donors (Lipinski definition) is 1. The number of likely N-dealkylation sites (tertiary alicyclic amines) is 1. The second-order valence-electron chi connectivity index (χ2n) is 4.93. The maximum absolute atomic E-state index is 6.05. The molecule has 1 saturated heterocycles. The number of hydrogen-bond acceptors (Lipinski definition) is 1. The SMILES string of the molecule is CCC1CCN(C(N)=NC2CCCC2)C1. The van der Waals surface area contributed by atoms with E-state index in [4.69, 9.17) is 5.73 Å². The number of guanidine groups is 1. The van der Waals surface area contributed by atoms with Gasteiger partial charge in [-0.25, -0.2) is 4.99 Å². The van der Waals surface area contributed by atoms with Crippen LogP contribution in [0, 0.1) is 5.92 Å². The van der Waals surface area contributed by atoms with Crippen LogP contribution in [0.15, 0.2) is 4.99 Å². The maximum atomic E-state index is 6.05. The molecule has 0 aromatic carbocycles. The van der Waals surface area contributed by atoms with Crippen molar-refractivity contribution in [3.63, 3.8) is 0 Å². The highest BCUT2D eigenvalue weighted by Crippen LogP contribution is 2.22. The smallest absolute Gasteiger partial charge is 0.191 e. The highest BCUT2D eigenvalue weighted by atomic mass is 15.3. The van der Waals surface area contributed by atoms with Crippen molar-refractivity contribution in [2.24, 2.45) is 16.6 Å². The molecule has 1 heterocycles. The molecule has 0 aromatic rings. The van der Waals surface area contributed by atoms with E-state index in [0.29, 0.717) is 6.04 Å². The molecule has 3 heteroatoms. The molecule has 2 rings (SSSR count). The molecule has 2 fully saturated rings. The molecule has 2 N–H and O–H groups in total. The molecule has 1 unspecified atom stereocenters. The summed E-state index contributed by atoms with van der Waals surface area (Å²) in [6.07, 6.45) is 7.71. The molecule has 1 saturated carbocycles. The summed E-state index contributed by atoms with van der Waals surface area (Å²) in [7, 11) is 0. The predicted octanol–water partition coefficient (Wildman–Crippen LogP) is 1.98. The fourth-order valence-corrected chi connectivity index (χ4v) is 2.68. The number of aliphatic imine (C=N–C) groups is 1. The van der Waals surface area contributed by atoms with Gasteiger partial charge in [-0.05, 0) is 25.2 Å². The molecule has 2 aliphatic rings. The van der Waals surface area contributed by atoms with E-state index in [9.17, 15) is 0 Å². The zero-order valence-corrected chi connectivity index (χ0v) is 9.78. The monoisotopic (exact) mass is 209 g/mol. The number of nitrogens with zero attached hydrogens (tertiary/aromatic N) is 2. The van der Waals surface area contributed by atoms with Crippen LogP contribution in [0.1, 0.15) is 45.4 Å². The lowest BCUT2D eigenvalue weighted by Gasteiger charge is -2.18. The van der Waals surface area contributed by atoms with Crippen molar-refractivity contribution in [3.05, 3.63) is 0 Å². The maximum Gasteiger partial charge on any atom is 0.191 e. The molecule has 1 atom stereocenters. The highest BCUT2D eigenvalue weighted by Gasteiger charge is 2.23. The van der Waals surface area contributed by atoms with Gasteiger partial charge in [-0.2, -0.15) is 0 Å². The van der Waals surface area contributed by atoms with Crippen molar-refractivity contribution in [3.8, 4) is 0 Å². The van der Waals surface area contributed by atoms with E-state index in [2.05, 4.69) is 16.8 Å². The molecule has 86 valence electrons. The zero-order chi connectivity index (χ0) is 10.7. The predicted molar refractivity (Wildman–Crippen MR) is 63.8 cm³/mol. The third-order valence-corrected chi connectivity index (χ3v) is 3.83. The van der Waals surface area contributed by atoms with Gasteiger partial charge in [-0.1, -0.05) is 26.2 Å². The quantitative estimate of drug-likeness (QED) is 0.558. The van der Waals surface area contributed by atoms with Crippen LogP contribution in [-0.2, 0) is 0 Å². The van der Waals surface area contributed by atoms with Gasteiger partial charge >= 0.3 is 0 Å². The molecule has 1 aliphatic carbocycles. The largest absolute Gasteiger partial charge is 0.370 e. The molecule has 1 aliphatic heterocycles. The molecule has 0 radical (unpaired) electrons.